The highest BCUT2D eigenvalue weighted by Gasteiger charge is 2.25. The molecule has 2 aliphatic rings. The number of hydrogen-bond acceptors (Lipinski definition) is 4. The molecule has 2 heterocycles. The van der Waals surface area contributed by atoms with E-state index in [9.17, 15) is 0 Å². The summed E-state index contributed by atoms with van der Waals surface area (Å²) in [7, 11) is 0. The largest absolute Gasteiger partial charge is 0.494 e. The fourth-order valence-corrected chi connectivity index (χ4v) is 3.45. The fraction of sp³-hybridized carbons (Fsp3) is 0.667. The monoisotopic (exact) mass is 303 g/mol. The standard InChI is InChI=1S/C18H29N3O/c1-2-12-22-18-5-3-4-16(13-18)15-20-8-10-21(11-9-20)17-6-7-19-14-17/h3-5,13,17,19H,2,6-12,14-15H2,1H3. The molecule has 22 heavy (non-hydrogen) atoms. The molecule has 4 nitrogen and oxygen atoms in total. The van der Waals surface area contributed by atoms with Crippen molar-refractivity contribution in [3.63, 3.8) is 0 Å². The highest BCUT2D eigenvalue weighted by atomic mass is 16.5. The lowest BCUT2D eigenvalue weighted by Crippen LogP contribution is -2.50. The van der Waals surface area contributed by atoms with E-state index in [1.54, 1.807) is 0 Å². The average molecular weight is 303 g/mol. The lowest BCUT2D eigenvalue weighted by molar-refractivity contribution is 0.0981. The van der Waals surface area contributed by atoms with E-state index >= 15 is 0 Å². The summed E-state index contributed by atoms with van der Waals surface area (Å²) in [6.07, 6.45) is 2.37. The predicted molar refractivity (Wildman–Crippen MR) is 90.4 cm³/mol. The van der Waals surface area contributed by atoms with Gasteiger partial charge in [-0.3, -0.25) is 9.80 Å². The van der Waals surface area contributed by atoms with Gasteiger partial charge < -0.3 is 10.1 Å². The second-order valence-electron chi connectivity index (χ2n) is 6.45. The summed E-state index contributed by atoms with van der Waals surface area (Å²) < 4.78 is 5.74. The Labute approximate surface area is 134 Å². The molecule has 0 radical (unpaired) electrons. The highest BCUT2D eigenvalue weighted by molar-refractivity contribution is 5.28. The molecular weight excluding hydrogens is 274 g/mol. The second-order valence-corrected chi connectivity index (χ2v) is 6.45. The van der Waals surface area contributed by atoms with Crippen LogP contribution in [-0.2, 0) is 6.54 Å². The van der Waals surface area contributed by atoms with Crippen molar-refractivity contribution in [1.29, 1.82) is 0 Å². The molecule has 0 aliphatic carbocycles. The van der Waals surface area contributed by atoms with Crippen molar-refractivity contribution in [2.24, 2.45) is 0 Å². The number of rotatable bonds is 6. The first-order valence-corrected chi connectivity index (χ1v) is 8.74. The van der Waals surface area contributed by atoms with Gasteiger partial charge in [0.2, 0.25) is 0 Å². The Morgan fingerprint density at radius 3 is 2.82 bits per heavy atom. The maximum atomic E-state index is 5.74. The van der Waals surface area contributed by atoms with Crippen molar-refractivity contribution in [2.45, 2.75) is 32.4 Å². The van der Waals surface area contributed by atoms with Gasteiger partial charge in [0.1, 0.15) is 5.75 Å². The molecule has 2 aliphatic heterocycles. The van der Waals surface area contributed by atoms with Crippen molar-refractivity contribution in [1.82, 2.24) is 15.1 Å². The van der Waals surface area contributed by atoms with E-state index in [4.69, 9.17) is 4.74 Å². The van der Waals surface area contributed by atoms with E-state index in [0.29, 0.717) is 0 Å². The zero-order chi connectivity index (χ0) is 15.2. The maximum absolute atomic E-state index is 5.74. The van der Waals surface area contributed by atoms with Crippen LogP contribution in [0.1, 0.15) is 25.3 Å². The Balaban J connectivity index is 1.47. The minimum absolute atomic E-state index is 0.771. The lowest BCUT2D eigenvalue weighted by Gasteiger charge is -2.37. The SMILES string of the molecule is CCCOc1cccc(CN2CCN(C3CCNC3)CC2)c1. The van der Waals surface area contributed by atoms with Gasteiger partial charge in [-0.15, -0.1) is 0 Å². The minimum atomic E-state index is 0.771. The van der Waals surface area contributed by atoms with Crippen LogP contribution in [0.4, 0.5) is 0 Å². The van der Waals surface area contributed by atoms with Crippen molar-refractivity contribution < 1.29 is 4.74 Å². The van der Waals surface area contributed by atoms with Crippen molar-refractivity contribution in [2.75, 3.05) is 45.9 Å². The van der Waals surface area contributed by atoms with Crippen LogP contribution < -0.4 is 10.1 Å². The van der Waals surface area contributed by atoms with E-state index in [2.05, 4.69) is 46.3 Å². The summed E-state index contributed by atoms with van der Waals surface area (Å²) in [4.78, 5) is 5.23. The number of benzene rings is 1. The number of hydrogen-bond donors (Lipinski definition) is 1. The third-order valence-electron chi connectivity index (χ3n) is 4.74. The third-order valence-corrected chi connectivity index (χ3v) is 4.74. The van der Waals surface area contributed by atoms with Crippen LogP contribution in [0.25, 0.3) is 0 Å². The van der Waals surface area contributed by atoms with Crippen LogP contribution in [0.15, 0.2) is 24.3 Å². The Morgan fingerprint density at radius 1 is 1.23 bits per heavy atom. The minimum Gasteiger partial charge on any atom is -0.494 e. The van der Waals surface area contributed by atoms with Crippen molar-refractivity contribution >= 4 is 0 Å². The Kier molecular flexibility index (Phi) is 5.70. The van der Waals surface area contributed by atoms with Gasteiger partial charge in [-0.2, -0.15) is 0 Å². The summed E-state index contributed by atoms with van der Waals surface area (Å²) in [6.45, 7) is 11.1. The van der Waals surface area contributed by atoms with Gasteiger partial charge in [-0.1, -0.05) is 19.1 Å². The molecule has 1 atom stereocenters. The zero-order valence-electron chi connectivity index (χ0n) is 13.8. The molecule has 0 amide bonds. The fourth-order valence-electron chi connectivity index (χ4n) is 3.45. The predicted octanol–water partition coefficient (Wildman–Crippen LogP) is 1.95. The highest BCUT2D eigenvalue weighted by Crippen LogP contribution is 2.17. The third kappa shape index (κ3) is 4.22. The van der Waals surface area contributed by atoms with E-state index in [1.165, 1.54) is 51.3 Å². The molecule has 2 fully saturated rings. The van der Waals surface area contributed by atoms with Gasteiger partial charge in [-0.25, -0.2) is 0 Å². The van der Waals surface area contributed by atoms with Gasteiger partial charge in [0.15, 0.2) is 0 Å². The van der Waals surface area contributed by atoms with Gasteiger partial charge in [-0.05, 0) is 37.1 Å². The summed E-state index contributed by atoms with van der Waals surface area (Å²) in [6, 6.07) is 9.35. The molecule has 0 aromatic heterocycles. The molecule has 1 aromatic rings. The average Bonchev–Trinajstić information content (AvgIpc) is 3.08. The van der Waals surface area contributed by atoms with Gasteiger partial charge in [0.25, 0.3) is 0 Å². The van der Waals surface area contributed by atoms with E-state index in [1.807, 2.05) is 0 Å². The summed E-state index contributed by atoms with van der Waals surface area (Å²) >= 11 is 0. The number of nitrogens with zero attached hydrogens (tertiary/aromatic N) is 2. The van der Waals surface area contributed by atoms with Crippen LogP contribution in [0, 0.1) is 0 Å². The summed E-state index contributed by atoms with van der Waals surface area (Å²) in [5.74, 6) is 1.01. The normalized spacial score (nSPS) is 23.8. The topological polar surface area (TPSA) is 27.7 Å². The smallest absolute Gasteiger partial charge is 0.119 e. The maximum Gasteiger partial charge on any atom is 0.119 e. The van der Waals surface area contributed by atoms with Crippen molar-refractivity contribution in [3.8, 4) is 5.75 Å². The summed E-state index contributed by atoms with van der Waals surface area (Å²) in [5.41, 5.74) is 1.37. The molecule has 0 saturated carbocycles. The van der Waals surface area contributed by atoms with E-state index < -0.39 is 0 Å². The first-order valence-electron chi connectivity index (χ1n) is 8.74. The van der Waals surface area contributed by atoms with Crippen molar-refractivity contribution in [3.05, 3.63) is 29.8 Å². The number of ether oxygens (including phenoxy) is 1. The van der Waals surface area contributed by atoms with Gasteiger partial charge in [0, 0.05) is 45.3 Å². The molecule has 3 rings (SSSR count). The first kappa shape index (κ1) is 15.8. The van der Waals surface area contributed by atoms with Crippen LogP contribution >= 0.6 is 0 Å². The van der Waals surface area contributed by atoms with Crippen LogP contribution in [-0.4, -0.2) is 61.7 Å². The molecule has 2 saturated heterocycles. The van der Waals surface area contributed by atoms with Gasteiger partial charge in [0.05, 0.1) is 6.61 Å². The molecule has 1 N–H and O–H groups in total. The van der Waals surface area contributed by atoms with Crippen LogP contribution in [0.5, 0.6) is 5.75 Å². The quantitative estimate of drug-likeness (QED) is 0.869. The molecule has 0 spiro atoms. The molecule has 1 unspecified atom stereocenters. The number of piperazine rings is 1. The molecule has 122 valence electrons. The Hall–Kier alpha value is -1.10. The lowest BCUT2D eigenvalue weighted by atomic mass is 10.1. The van der Waals surface area contributed by atoms with Crippen LogP contribution in [0.2, 0.25) is 0 Å². The summed E-state index contributed by atoms with van der Waals surface area (Å²) in [5, 5.41) is 3.47. The molecule has 1 aromatic carbocycles. The van der Waals surface area contributed by atoms with Gasteiger partial charge >= 0.3 is 0 Å². The Morgan fingerprint density at radius 2 is 2.09 bits per heavy atom. The van der Waals surface area contributed by atoms with Crippen LogP contribution in [0.3, 0.4) is 0 Å². The first-order chi connectivity index (χ1) is 10.8. The van der Waals surface area contributed by atoms with E-state index in [-0.39, 0.29) is 0 Å². The zero-order valence-corrected chi connectivity index (χ0v) is 13.8. The Bertz CT molecular complexity index is 451. The molecule has 4 heteroatoms. The van der Waals surface area contributed by atoms with E-state index in [0.717, 1.165) is 31.4 Å². The number of nitrogens with one attached hydrogen (secondary N) is 1. The second kappa shape index (κ2) is 7.95. The molecular formula is C18H29N3O. The molecule has 0 bridgehead atoms.